The maximum Gasteiger partial charge on any atom is 0.127 e. The number of hydrogen-bond donors (Lipinski definition) is 0. The highest BCUT2D eigenvalue weighted by Crippen LogP contribution is 2.43. The first kappa shape index (κ1) is 12.4. The number of hydrogen-bond acceptors (Lipinski definition) is 0. The van der Waals surface area contributed by atoms with E-state index in [0.29, 0.717) is 9.85 Å². The molecule has 0 nitrogen and oxygen atoms in total. The van der Waals surface area contributed by atoms with Crippen molar-refractivity contribution in [3.63, 3.8) is 0 Å². The van der Waals surface area contributed by atoms with Gasteiger partial charge in [-0.2, -0.15) is 0 Å². The number of benzene rings is 1. The maximum absolute atomic E-state index is 13.7. The molecule has 1 fully saturated rings. The van der Waals surface area contributed by atoms with Crippen LogP contribution >= 0.6 is 27.5 Å². The average molecular weight is 306 g/mol. The zero-order valence-electron chi connectivity index (χ0n) is 9.27. The second-order valence-electron chi connectivity index (χ2n) is 5.06. The van der Waals surface area contributed by atoms with Crippen molar-refractivity contribution in [2.75, 3.05) is 0 Å². The Hall–Kier alpha value is -0.0800. The fourth-order valence-corrected chi connectivity index (χ4v) is 3.70. The summed E-state index contributed by atoms with van der Waals surface area (Å²) in [5.74, 6) is -0.174. The van der Waals surface area contributed by atoms with Crippen LogP contribution in [0.3, 0.4) is 0 Å². The molecule has 2 rings (SSSR count). The van der Waals surface area contributed by atoms with Crippen LogP contribution in [0.25, 0.3) is 0 Å². The molecule has 2 atom stereocenters. The van der Waals surface area contributed by atoms with Crippen LogP contribution < -0.4 is 0 Å². The summed E-state index contributed by atoms with van der Waals surface area (Å²) in [5, 5.41) is 0.469. The van der Waals surface area contributed by atoms with E-state index in [1.54, 1.807) is 6.07 Å². The summed E-state index contributed by atoms with van der Waals surface area (Å²) in [6, 6.07) is 4.98. The van der Waals surface area contributed by atoms with Gasteiger partial charge in [0.05, 0.1) is 0 Å². The number of rotatable bonds is 2. The van der Waals surface area contributed by atoms with Gasteiger partial charge in [0.25, 0.3) is 0 Å². The molecule has 0 heterocycles. The molecule has 0 aromatic heterocycles. The Kier molecular flexibility index (Phi) is 3.60. The first-order valence-electron chi connectivity index (χ1n) is 5.56. The quantitative estimate of drug-likeness (QED) is 0.676. The number of halogens is 3. The Morgan fingerprint density at radius 1 is 1.56 bits per heavy atom. The molecule has 1 aromatic carbocycles. The Balaban J connectivity index is 2.14. The lowest BCUT2D eigenvalue weighted by atomic mass is 9.82. The standard InChI is InChI=1S/C13H15BrClF/c1-13(5-4-10(14)8-13)7-9-2-3-11(15)6-12(9)16/h2-3,6,10H,4-5,7-8H2,1H3. The molecule has 0 radical (unpaired) electrons. The summed E-state index contributed by atoms with van der Waals surface area (Å²) < 4.78 is 13.7. The molecule has 0 bridgehead atoms. The van der Waals surface area contributed by atoms with E-state index >= 15 is 0 Å². The molecule has 0 amide bonds. The van der Waals surface area contributed by atoms with Crippen molar-refractivity contribution in [2.24, 2.45) is 5.41 Å². The highest BCUT2D eigenvalue weighted by atomic mass is 79.9. The minimum atomic E-state index is -0.174. The molecule has 16 heavy (non-hydrogen) atoms. The summed E-state index contributed by atoms with van der Waals surface area (Å²) in [5.41, 5.74) is 1.01. The van der Waals surface area contributed by atoms with Crippen molar-refractivity contribution >= 4 is 27.5 Å². The van der Waals surface area contributed by atoms with E-state index in [1.165, 1.54) is 12.5 Å². The summed E-state index contributed by atoms with van der Waals surface area (Å²) in [7, 11) is 0. The van der Waals surface area contributed by atoms with Gasteiger partial charge in [-0.3, -0.25) is 0 Å². The third-order valence-electron chi connectivity index (χ3n) is 3.41. The van der Waals surface area contributed by atoms with Crippen LogP contribution in [0.15, 0.2) is 18.2 Å². The SMILES string of the molecule is CC1(Cc2ccc(Cl)cc2F)CCC(Br)C1. The molecule has 88 valence electrons. The van der Waals surface area contributed by atoms with Gasteiger partial charge in [0.15, 0.2) is 0 Å². The van der Waals surface area contributed by atoms with Crippen molar-refractivity contribution in [3.8, 4) is 0 Å². The van der Waals surface area contributed by atoms with Crippen molar-refractivity contribution in [2.45, 2.75) is 37.4 Å². The van der Waals surface area contributed by atoms with Crippen LogP contribution in [0.5, 0.6) is 0 Å². The summed E-state index contributed by atoms with van der Waals surface area (Å²) in [4.78, 5) is 0.591. The number of alkyl halides is 1. The lowest BCUT2D eigenvalue weighted by molar-refractivity contribution is 0.330. The van der Waals surface area contributed by atoms with Gasteiger partial charge in [0.2, 0.25) is 0 Å². The van der Waals surface area contributed by atoms with Gasteiger partial charge in [-0.15, -0.1) is 0 Å². The molecule has 0 N–H and O–H groups in total. The normalized spacial score (nSPS) is 29.6. The van der Waals surface area contributed by atoms with Crippen molar-refractivity contribution in [1.82, 2.24) is 0 Å². The maximum atomic E-state index is 13.7. The van der Waals surface area contributed by atoms with Crippen LogP contribution in [0, 0.1) is 11.2 Å². The van der Waals surface area contributed by atoms with E-state index in [2.05, 4.69) is 22.9 Å². The van der Waals surface area contributed by atoms with Crippen LogP contribution in [0.2, 0.25) is 5.02 Å². The summed E-state index contributed by atoms with van der Waals surface area (Å²) in [6.07, 6.45) is 4.27. The van der Waals surface area contributed by atoms with E-state index in [-0.39, 0.29) is 11.2 Å². The van der Waals surface area contributed by atoms with Gasteiger partial charge < -0.3 is 0 Å². The smallest absolute Gasteiger partial charge is 0.127 e. The summed E-state index contributed by atoms with van der Waals surface area (Å²) >= 11 is 9.39. The lowest BCUT2D eigenvalue weighted by Crippen LogP contribution is -2.16. The van der Waals surface area contributed by atoms with Crippen LogP contribution in [-0.4, -0.2) is 4.83 Å². The minimum Gasteiger partial charge on any atom is -0.207 e. The van der Waals surface area contributed by atoms with Gasteiger partial charge in [-0.1, -0.05) is 40.5 Å². The zero-order valence-corrected chi connectivity index (χ0v) is 11.6. The fraction of sp³-hybridized carbons (Fsp3) is 0.538. The molecule has 0 spiro atoms. The van der Waals surface area contributed by atoms with Crippen molar-refractivity contribution in [1.29, 1.82) is 0 Å². The highest BCUT2D eigenvalue weighted by Gasteiger charge is 2.34. The topological polar surface area (TPSA) is 0 Å². The Bertz CT molecular complexity index is 394. The van der Waals surface area contributed by atoms with E-state index in [4.69, 9.17) is 11.6 Å². The predicted octanol–water partition coefficient (Wildman–Crippen LogP) is 4.98. The molecule has 0 aliphatic heterocycles. The van der Waals surface area contributed by atoms with Gasteiger partial charge in [0, 0.05) is 9.85 Å². The molecule has 0 saturated heterocycles. The lowest BCUT2D eigenvalue weighted by Gasteiger charge is -2.24. The Labute approximate surface area is 109 Å². The van der Waals surface area contributed by atoms with Gasteiger partial charge >= 0.3 is 0 Å². The minimum absolute atomic E-state index is 0.174. The average Bonchev–Trinajstić information content (AvgIpc) is 2.52. The van der Waals surface area contributed by atoms with E-state index in [9.17, 15) is 4.39 Å². The third-order valence-corrected chi connectivity index (χ3v) is 4.42. The van der Waals surface area contributed by atoms with Crippen LogP contribution in [0.1, 0.15) is 31.7 Å². The third kappa shape index (κ3) is 2.78. The Morgan fingerprint density at radius 3 is 2.88 bits per heavy atom. The molecule has 2 unspecified atom stereocenters. The molecular formula is C13H15BrClF. The second-order valence-corrected chi connectivity index (χ2v) is 6.79. The van der Waals surface area contributed by atoms with Crippen LogP contribution in [-0.2, 0) is 6.42 Å². The first-order valence-corrected chi connectivity index (χ1v) is 6.86. The molecule has 3 heteroatoms. The van der Waals surface area contributed by atoms with E-state index in [1.807, 2.05) is 6.07 Å². The van der Waals surface area contributed by atoms with Crippen molar-refractivity contribution in [3.05, 3.63) is 34.6 Å². The van der Waals surface area contributed by atoms with Crippen LogP contribution in [0.4, 0.5) is 4.39 Å². The predicted molar refractivity (Wildman–Crippen MR) is 69.8 cm³/mol. The van der Waals surface area contributed by atoms with Gasteiger partial charge in [0.1, 0.15) is 5.82 Å². The summed E-state index contributed by atoms with van der Waals surface area (Å²) in [6.45, 7) is 2.24. The molecule has 1 aliphatic rings. The van der Waals surface area contributed by atoms with E-state index < -0.39 is 0 Å². The van der Waals surface area contributed by atoms with Gasteiger partial charge in [-0.25, -0.2) is 4.39 Å². The second kappa shape index (κ2) is 4.66. The monoisotopic (exact) mass is 304 g/mol. The fourth-order valence-electron chi connectivity index (χ4n) is 2.53. The molecule has 1 aromatic rings. The molecule has 1 saturated carbocycles. The Morgan fingerprint density at radius 2 is 2.31 bits per heavy atom. The van der Waals surface area contributed by atoms with E-state index in [0.717, 1.165) is 24.8 Å². The zero-order chi connectivity index (χ0) is 11.8. The highest BCUT2D eigenvalue weighted by molar-refractivity contribution is 9.09. The van der Waals surface area contributed by atoms with Crippen molar-refractivity contribution < 1.29 is 4.39 Å². The van der Waals surface area contributed by atoms with Gasteiger partial charge in [-0.05, 0) is 48.8 Å². The largest absolute Gasteiger partial charge is 0.207 e. The molecular weight excluding hydrogens is 290 g/mol. The first-order chi connectivity index (χ1) is 7.48. The molecule has 1 aliphatic carbocycles.